The summed E-state index contributed by atoms with van der Waals surface area (Å²) in [6.45, 7) is 6.62. The molecule has 1 saturated heterocycles. The van der Waals surface area contributed by atoms with E-state index in [4.69, 9.17) is 21.1 Å². The van der Waals surface area contributed by atoms with Crippen LogP contribution in [-0.4, -0.2) is 69.8 Å². The highest BCUT2D eigenvalue weighted by atomic mass is 35.5. The lowest BCUT2D eigenvalue weighted by molar-refractivity contribution is 0.0665. The van der Waals surface area contributed by atoms with Crippen LogP contribution in [0.2, 0.25) is 5.02 Å². The molecule has 8 nitrogen and oxygen atoms in total. The predicted octanol–water partition coefficient (Wildman–Crippen LogP) is 5.68. The number of nitrogens with zero attached hydrogens (tertiary/aromatic N) is 5. The molecule has 5 aromatic rings. The van der Waals surface area contributed by atoms with Crippen LogP contribution in [0.15, 0.2) is 73.3 Å². The van der Waals surface area contributed by atoms with Gasteiger partial charge in [-0.15, -0.1) is 0 Å². The van der Waals surface area contributed by atoms with Gasteiger partial charge in [-0.2, -0.15) is 0 Å². The van der Waals surface area contributed by atoms with Gasteiger partial charge in [0, 0.05) is 55.7 Å². The summed E-state index contributed by atoms with van der Waals surface area (Å²) in [5.41, 5.74) is 5.65. The Morgan fingerprint density at radius 1 is 0.929 bits per heavy atom. The van der Waals surface area contributed by atoms with Gasteiger partial charge in [-0.1, -0.05) is 41.9 Å². The number of imidazole rings is 1. The van der Waals surface area contributed by atoms with Crippen molar-refractivity contribution in [2.24, 2.45) is 0 Å². The smallest absolute Gasteiger partial charge is 0.256 e. The van der Waals surface area contributed by atoms with Gasteiger partial charge in [0.25, 0.3) is 5.91 Å². The molecule has 214 valence electrons. The molecule has 0 saturated carbocycles. The molecule has 0 aliphatic carbocycles. The first-order valence-electron chi connectivity index (χ1n) is 14.2. The van der Waals surface area contributed by atoms with E-state index in [9.17, 15) is 4.79 Å². The Morgan fingerprint density at radius 2 is 1.74 bits per heavy atom. The highest BCUT2D eigenvalue weighted by Crippen LogP contribution is 2.36. The number of rotatable bonds is 6. The van der Waals surface area contributed by atoms with Gasteiger partial charge in [0.1, 0.15) is 0 Å². The lowest BCUT2D eigenvalue weighted by Crippen LogP contribution is -2.47. The van der Waals surface area contributed by atoms with Gasteiger partial charge in [-0.25, -0.2) is 4.98 Å². The monoisotopic (exact) mass is 581 g/mol. The molecule has 7 rings (SSSR count). The van der Waals surface area contributed by atoms with Crippen molar-refractivity contribution in [3.05, 3.63) is 101 Å². The molecule has 0 radical (unpaired) electrons. The van der Waals surface area contributed by atoms with Gasteiger partial charge in [-0.05, 0) is 60.1 Å². The largest absolute Gasteiger partial charge is 0.454 e. The fourth-order valence-electron chi connectivity index (χ4n) is 5.92. The molecule has 0 atom stereocenters. The first-order chi connectivity index (χ1) is 20.4. The molecule has 42 heavy (non-hydrogen) atoms. The molecule has 1 fully saturated rings. The quantitative estimate of drug-likeness (QED) is 0.258. The maximum atomic E-state index is 14.0. The predicted molar refractivity (Wildman–Crippen MR) is 164 cm³/mol. The zero-order valence-electron chi connectivity index (χ0n) is 23.7. The van der Waals surface area contributed by atoms with E-state index in [0.29, 0.717) is 36.8 Å². The third kappa shape index (κ3) is 5.01. The molecule has 3 aromatic carbocycles. The molecule has 9 heteroatoms. The third-order valence-corrected chi connectivity index (χ3v) is 8.51. The summed E-state index contributed by atoms with van der Waals surface area (Å²) in [5, 5.41) is 2.76. The molecule has 0 bridgehead atoms. The van der Waals surface area contributed by atoms with Crippen molar-refractivity contribution in [3.8, 4) is 22.6 Å². The molecule has 4 heterocycles. The summed E-state index contributed by atoms with van der Waals surface area (Å²) < 4.78 is 15.3. The highest BCUT2D eigenvalue weighted by molar-refractivity contribution is 6.32. The number of benzene rings is 3. The van der Waals surface area contributed by atoms with Crippen LogP contribution in [0.3, 0.4) is 0 Å². The first kappa shape index (κ1) is 26.6. The fourth-order valence-corrected chi connectivity index (χ4v) is 6.15. The van der Waals surface area contributed by atoms with Crippen LogP contribution in [-0.2, 0) is 13.1 Å². The zero-order chi connectivity index (χ0) is 28.8. The number of ether oxygens (including phenoxy) is 2. The Bertz CT molecular complexity index is 1800. The lowest BCUT2D eigenvalue weighted by Gasteiger charge is -2.32. The van der Waals surface area contributed by atoms with Gasteiger partial charge < -0.3 is 28.4 Å². The van der Waals surface area contributed by atoms with Crippen molar-refractivity contribution in [1.29, 1.82) is 0 Å². The number of hydrogen-bond acceptors (Lipinski definition) is 5. The van der Waals surface area contributed by atoms with Crippen LogP contribution in [0, 0.1) is 6.92 Å². The number of amides is 1. The number of hydrogen-bond donors (Lipinski definition) is 0. The Labute approximate surface area is 249 Å². The minimum atomic E-state index is 0.0477. The fraction of sp³-hybridized carbons (Fsp3) is 0.273. The molecule has 2 aliphatic rings. The molecule has 2 aromatic heterocycles. The summed E-state index contributed by atoms with van der Waals surface area (Å²) in [4.78, 5) is 22.9. The third-order valence-electron chi connectivity index (χ3n) is 8.30. The normalized spacial score (nSPS) is 15.1. The summed E-state index contributed by atoms with van der Waals surface area (Å²) in [5.74, 6) is 1.58. The van der Waals surface area contributed by atoms with Crippen molar-refractivity contribution >= 4 is 28.3 Å². The topological polar surface area (TPSA) is 64.8 Å². The summed E-state index contributed by atoms with van der Waals surface area (Å²) in [7, 11) is 2.09. The van der Waals surface area contributed by atoms with Crippen LogP contribution < -0.4 is 9.47 Å². The van der Waals surface area contributed by atoms with E-state index in [1.165, 1.54) is 0 Å². The maximum Gasteiger partial charge on any atom is 0.256 e. The first-order valence-corrected chi connectivity index (χ1v) is 14.6. The van der Waals surface area contributed by atoms with Gasteiger partial charge in [-0.3, -0.25) is 4.79 Å². The number of likely N-dealkylation sites (N-methyl/N-ethyl adjacent to an activating group) is 1. The van der Waals surface area contributed by atoms with E-state index in [1.54, 1.807) is 0 Å². The Balaban J connectivity index is 1.27. The van der Waals surface area contributed by atoms with Gasteiger partial charge in [0.05, 0.1) is 29.8 Å². The summed E-state index contributed by atoms with van der Waals surface area (Å²) in [6, 6.07) is 18.1. The van der Waals surface area contributed by atoms with Crippen molar-refractivity contribution in [2.45, 2.75) is 20.0 Å². The molecule has 2 aliphatic heterocycles. The average Bonchev–Trinajstić information content (AvgIpc) is 3.72. The molecule has 1 amide bonds. The van der Waals surface area contributed by atoms with Crippen molar-refractivity contribution in [2.75, 3.05) is 40.0 Å². The van der Waals surface area contributed by atoms with Crippen LogP contribution in [0.4, 0.5) is 0 Å². The second kappa shape index (κ2) is 10.9. The van der Waals surface area contributed by atoms with Crippen LogP contribution in [0.5, 0.6) is 11.5 Å². The number of carbonyl (C=O) groups is 1. The standard InChI is InChI=1S/C33H32ClN5O3/c1-22-30(39(20-35-22)16-23-7-8-31-32(13-23)42-21-41-31)19-37-17-28(27-15-25(34)14-24-5-3-4-6-26(24)27)29(18-37)33(40)38-11-9-36(2)10-12-38/h3-8,13-15,17-18,20H,9-12,16,19,21H2,1-2H3. The number of fused-ring (bicyclic) bond motifs is 2. The lowest BCUT2D eigenvalue weighted by atomic mass is 9.97. The van der Waals surface area contributed by atoms with E-state index in [-0.39, 0.29) is 12.7 Å². The summed E-state index contributed by atoms with van der Waals surface area (Å²) >= 11 is 6.61. The van der Waals surface area contributed by atoms with E-state index in [0.717, 1.165) is 63.4 Å². The number of aromatic nitrogens is 3. The van der Waals surface area contributed by atoms with Crippen molar-refractivity contribution < 1.29 is 14.3 Å². The summed E-state index contributed by atoms with van der Waals surface area (Å²) in [6.07, 6.45) is 5.95. The van der Waals surface area contributed by atoms with Crippen molar-refractivity contribution in [1.82, 2.24) is 23.9 Å². The van der Waals surface area contributed by atoms with Crippen LogP contribution >= 0.6 is 11.6 Å². The van der Waals surface area contributed by atoms with Gasteiger partial charge >= 0.3 is 0 Å². The van der Waals surface area contributed by atoms with Crippen molar-refractivity contribution in [3.63, 3.8) is 0 Å². The average molecular weight is 582 g/mol. The highest BCUT2D eigenvalue weighted by Gasteiger charge is 2.26. The number of aryl methyl sites for hydroxylation is 1. The van der Waals surface area contributed by atoms with Crippen LogP contribution in [0.1, 0.15) is 27.3 Å². The minimum absolute atomic E-state index is 0.0477. The second-order valence-electron chi connectivity index (χ2n) is 11.1. The van der Waals surface area contributed by atoms with Gasteiger partial charge in [0.2, 0.25) is 6.79 Å². The molecule has 0 unspecified atom stereocenters. The molecular formula is C33H32ClN5O3. The van der Waals surface area contributed by atoms with Crippen LogP contribution in [0.25, 0.3) is 21.9 Å². The number of piperazine rings is 1. The Kier molecular flexibility index (Phi) is 6.88. The zero-order valence-corrected chi connectivity index (χ0v) is 24.5. The molecular weight excluding hydrogens is 550 g/mol. The number of halogens is 1. The Morgan fingerprint density at radius 3 is 2.60 bits per heavy atom. The minimum Gasteiger partial charge on any atom is -0.454 e. The number of carbonyl (C=O) groups excluding carboxylic acids is 1. The SMILES string of the molecule is Cc1ncn(Cc2ccc3c(c2)OCO3)c1Cn1cc(C(=O)N2CCN(C)CC2)c(-c2cc(Cl)cc3ccccc23)c1. The maximum absolute atomic E-state index is 14.0. The van der Waals surface area contributed by atoms with E-state index in [2.05, 4.69) is 50.5 Å². The molecule has 0 spiro atoms. The van der Waals surface area contributed by atoms with E-state index < -0.39 is 0 Å². The second-order valence-corrected chi connectivity index (χ2v) is 11.6. The Hall–Kier alpha value is -4.27. The van der Waals surface area contributed by atoms with E-state index in [1.807, 2.05) is 60.7 Å². The van der Waals surface area contributed by atoms with E-state index >= 15 is 0 Å². The molecule has 0 N–H and O–H groups in total. The van der Waals surface area contributed by atoms with Gasteiger partial charge in [0.15, 0.2) is 11.5 Å².